The molecule has 0 heterocycles. The van der Waals surface area contributed by atoms with E-state index in [2.05, 4.69) is 5.32 Å². The molecule has 0 amide bonds. The Hall–Kier alpha value is 0.0169. The van der Waals surface area contributed by atoms with Crippen LogP contribution in [0.4, 0.5) is 0 Å². The van der Waals surface area contributed by atoms with E-state index in [0.29, 0.717) is 30.0 Å². The zero-order valence-corrected chi connectivity index (χ0v) is 8.82. The van der Waals surface area contributed by atoms with Gasteiger partial charge in [0.05, 0.1) is 0 Å². The number of rotatable bonds is 5. The smallest absolute Gasteiger partial charge is 0.152 e. The van der Waals surface area contributed by atoms with Crippen LogP contribution >= 0.6 is 0 Å². The van der Waals surface area contributed by atoms with Crippen molar-refractivity contribution in [2.75, 3.05) is 19.6 Å². The van der Waals surface area contributed by atoms with Crippen LogP contribution in [0.2, 0.25) is 0 Å². The molecule has 5 nitrogen and oxygen atoms in total. The molecule has 0 aromatic heterocycles. The first-order valence-corrected chi connectivity index (χ1v) is 4.38. The Morgan fingerprint density at radius 1 is 1.27 bits per heavy atom. The van der Waals surface area contributed by atoms with Crippen molar-refractivity contribution in [3.8, 4) is 0 Å². The second-order valence-electron chi connectivity index (χ2n) is 1.81. The average Bonchev–Trinajstić information content (AvgIpc) is 2.02. The van der Waals surface area contributed by atoms with E-state index in [9.17, 15) is 0 Å². The van der Waals surface area contributed by atoms with Crippen LogP contribution in [0.25, 0.3) is 0 Å². The van der Waals surface area contributed by atoms with Gasteiger partial charge < -0.3 is 26.1 Å². The highest BCUT2D eigenvalue weighted by atomic mass is 28.2. The monoisotopic (exact) mass is 182 g/mol. The Kier molecular flexibility index (Phi) is 15.7. The van der Waals surface area contributed by atoms with Gasteiger partial charge in [-0.2, -0.15) is 0 Å². The van der Waals surface area contributed by atoms with Crippen molar-refractivity contribution in [3.63, 3.8) is 0 Å². The van der Waals surface area contributed by atoms with E-state index >= 15 is 0 Å². The topological polar surface area (TPSA) is 98.7 Å². The Bertz CT molecular complexity index is 65.7. The van der Waals surface area contributed by atoms with Crippen LogP contribution < -0.4 is 11.1 Å². The van der Waals surface area contributed by atoms with Gasteiger partial charge in [0, 0.05) is 19.5 Å². The normalized spacial score (nSPS) is 9.55. The van der Waals surface area contributed by atoms with E-state index in [-0.39, 0.29) is 0 Å². The summed E-state index contributed by atoms with van der Waals surface area (Å²) in [6, 6.07) is 0. The lowest BCUT2D eigenvalue weighted by Crippen LogP contribution is -2.25. The average molecular weight is 182 g/mol. The summed E-state index contributed by atoms with van der Waals surface area (Å²) < 4.78 is 0. The molecule has 0 aliphatic rings. The molecule has 0 rings (SSSR count). The third kappa shape index (κ3) is 17.8. The van der Waals surface area contributed by atoms with Gasteiger partial charge in [0.25, 0.3) is 0 Å². The van der Waals surface area contributed by atoms with Gasteiger partial charge in [-0.05, 0) is 6.54 Å². The largest absolute Gasteiger partial charge is 0.442 e. The molecule has 6 heteroatoms. The van der Waals surface area contributed by atoms with Crippen molar-refractivity contribution in [1.82, 2.24) is 5.32 Å². The molecule has 0 atom stereocenters. The lowest BCUT2D eigenvalue weighted by molar-refractivity contribution is -0.0443. The predicted octanol–water partition coefficient (Wildman–Crippen LogP) is -3.51. The highest BCUT2D eigenvalue weighted by molar-refractivity contribution is 5.95. The summed E-state index contributed by atoms with van der Waals surface area (Å²) in [4.78, 5) is 7.14. The van der Waals surface area contributed by atoms with Gasteiger partial charge in [-0.15, -0.1) is 0 Å². The standard InChI is InChI=1S/C5H14N2O2.H4OSi/c6-2-4-7-3-1-5(8)9;1-2/h5,7-9H,1-4,6H2;1H,2H3. The highest BCUT2D eigenvalue weighted by Gasteiger charge is 1.93. The Balaban J connectivity index is 0. The van der Waals surface area contributed by atoms with Crippen LogP contribution in [0, 0.1) is 0 Å². The van der Waals surface area contributed by atoms with E-state index in [1.54, 1.807) is 0 Å². The maximum Gasteiger partial charge on any atom is 0.152 e. The van der Waals surface area contributed by atoms with Crippen molar-refractivity contribution in [2.45, 2.75) is 12.7 Å². The van der Waals surface area contributed by atoms with E-state index in [1.807, 2.05) is 0 Å². The molecular formula is C5H18N2O3Si. The minimum atomic E-state index is -1.20. The van der Waals surface area contributed by atoms with Gasteiger partial charge in [-0.3, -0.25) is 0 Å². The molecule has 0 unspecified atom stereocenters. The summed E-state index contributed by atoms with van der Waals surface area (Å²) in [5.41, 5.74) is 5.16. The number of aliphatic hydroxyl groups excluding tert-OH is 1. The molecule has 6 N–H and O–H groups in total. The van der Waals surface area contributed by atoms with Gasteiger partial charge in [-0.1, -0.05) is 0 Å². The minimum absolute atomic E-state index is 0.306. The maximum atomic E-state index is 8.34. The molecule has 11 heavy (non-hydrogen) atoms. The second-order valence-corrected chi connectivity index (χ2v) is 1.81. The van der Waals surface area contributed by atoms with Gasteiger partial charge in [0.15, 0.2) is 6.29 Å². The first kappa shape index (κ1) is 13.6. The minimum Gasteiger partial charge on any atom is -0.442 e. The Morgan fingerprint density at radius 2 is 1.82 bits per heavy atom. The zero-order valence-electron chi connectivity index (χ0n) is 6.82. The van der Waals surface area contributed by atoms with Crippen LogP contribution in [0.5, 0.6) is 0 Å². The molecule has 70 valence electrons. The van der Waals surface area contributed by atoms with Gasteiger partial charge in [0.2, 0.25) is 0 Å². The van der Waals surface area contributed by atoms with Crippen molar-refractivity contribution >= 4 is 10.5 Å². The van der Waals surface area contributed by atoms with E-state index in [1.165, 1.54) is 0 Å². The summed E-state index contributed by atoms with van der Waals surface area (Å²) in [5, 5.41) is 19.6. The van der Waals surface area contributed by atoms with Crippen molar-refractivity contribution < 1.29 is 15.0 Å². The molecule has 0 aromatic carbocycles. The number of hydrogen-bond acceptors (Lipinski definition) is 5. The van der Waals surface area contributed by atoms with Gasteiger partial charge in [-0.25, -0.2) is 0 Å². The van der Waals surface area contributed by atoms with Crippen molar-refractivity contribution in [3.05, 3.63) is 0 Å². The zero-order chi connectivity index (χ0) is 9.11. The fraction of sp³-hybridized carbons (Fsp3) is 1.00. The molecule has 0 saturated heterocycles. The summed E-state index contributed by atoms with van der Waals surface area (Å²) >= 11 is 0. The number of nitrogens with one attached hydrogen (secondary N) is 1. The molecule has 0 saturated carbocycles. The molecule has 0 radical (unpaired) electrons. The fourth-order valence-corrected chi connectivity index (χ4v) is 0.458. The van der Waals surface area contributed by atoms with E-state index < -0.39 is 6.29 Å². The van der Waals surface area contributed by atoms with Crippen molar-refractivity contribution in [2.24, 2.45) is 5.73 Å². The Labute approximate surface area is 69.8 Å². The van der Waals surface area contributed by atoms with E-state index in [4.69, 9.17) is 20.7 Å². The third-order valence-corrected chi connectivity index (χ3v) is 0.900. The number of hydrogen-bond donors (Lipinski definition) is 5. The van der Waals surface area contributed by atoms with Crippen LogP contribution in [0.15, 0.2) is 0 Å². The summed E-state index contributed by atoms with van der Waals surface area (Å²) in [6.07, 6.45) is -0.838. The first-order chi connectivity index (χ1) is 5.27. The number of nitrogens with two attached hydrogens (primary N) is 1. The first-order valence-electron chi connectivity index (χ1n) is 3.49. The Morgan fingerprint density at radius 3 is 2.18 bits per heavy atom. The van der Waals surface area contributed by atoms with Crippen LogP contribution in [0.3, 0.4) is 0 Å². The molecule has 0 aliphatic heterocycles. The summed E-state index contributed by atoms with van der Waals surface area (Å²) in [7, 11) is 0.306. The van der Waals surface area contributed by atoms with Crippen LogP contribution in [0.1, 0.15) is 6.42 Å². The molecule has 0 aromatic rings. The number of aliphatic hydroxyl groups is 2. The summed E-state index contributed by atoms with van der Waals surface area (Å²) in [6.45, 7) is 1.92. The van der Waals surface area contributed by atoms with Gasteiger partial charge >= 0.3 is 0 Å². The lowest BCUT2D eigenvalue weighted by atomic mass is 10.4. The van der Waals surface area contributed by atoms with E-state index in [0.717, 1.165) is 6.54 Å². The summed E-state index contributed by atoms with van der Waals surface area (Å²) in [5.74, 6) is 0. The molecule has 0 spiro atoms. The molecule has 0 aliphatic carbocycles. The highest BCUT2D eigenvalue weighted by Crippen LogP contribution is 1.80. The lowest BCUT2D eigenvalue weighted by Gasteiger charge is -2.03. The van der Waals surface area contributed by atoms with Gasteiger partial charge in [0.1, 0.15) is 10.5 Å². The molecule has 0 fully saturated rings. The van der Waals surface area contributed by atoms with Crippen LogP contribution in [-0.4, -0.2) is 51.4 Å². The third-order valence-electron chi connectivity index (χ3n) is 0.900. The quantitative estimate of drug-likeness (QED) is 0.173. The second kappa shape index (κ2) is 12.7. The van der Waals surface area contributed by atoms with Crippen LogP contribution in [-0.2, 0) is 0 Å². The SMILES string of the molecule is NCCNCCC(O)O.O[SiH3]. The molecular weight excluding hydrogens is 164 g/mol. The van der Waals surface area contributed by atoms with Crippen molar-refractivity contribution in [1.29, 1.82) is 0 Å². The fourth-order valence-electron chi connectivity index (χ4n) is 0.458. The molecule has 0 bridgehead atoms. The predicted molar refractivity (Wildman–Crippen MR) is 46.9 cm³/mol. The maximum absolute atomic E-state index is 8.34.